The molecule has 84 valence electrons. The van der Waals surface area contributed by atoms with Gasteiger partial charge in [-0.25, -0.2) is 0 Å². The molecule has 14 heavy (non-hydrogen) atoms. The van der Waals surface area contributed by atoms with E-state index in [0.717, 1.165) is 6.42 Å². The molecule has 1 aliphatic rings. The molecule has 1 unspecified atom stereocenters. The van der Waals surface area contributed by atoms with Gasteiger partial charge in [-0.05, 0) is 36.0 Å². The van der Waals surface area contributed by atoms with Crippen molar-refractivity contribution >= 4 is 0 Å². The summed E-state index contributed by atoms with van der Waals surface area (Å²) in [5, 5.41) is 0. The van der Waals surface area contributed by atoms with E-state index in [4.69, 9.17) is 5.73 Å². The summed E-state index contributed by atoms with van der Waals surface area (Å²) < 4.78 is 0. The molecule has 0 amide bonds. The highest BCUT2D eigenvalue weighted by atomic mass is 14.8. The summed E-state index contributed by atoms with van der Waals surface area (Å²) >= 11 is 0. The molecule has 0 aromatic heterocycles. The molecule has 0 bridgehead atoms. The monoisotopic (exact) mass is 197 g/mol. The molecule has 1 heteroatoms. The van der Waals surface area contributed by atoms with Crippen LogP contribution in [0.4, 0.5) is 0 Å². The van der Waals surface area contributed by atoms with Gasteiger partial charge in [-0.1, -0.05) is 41.5 Å². The van der Waals surface area contributed by atoms with Crippen LogP contribution in [0.1, 0.15) is 61.3 Å². The molecule has 0 aliphatic heterocycles. The van der Waals surface area contributed by atoms with Crippen LogP contribution in [0, 0.1) is 16.2 Å². The number of hydrogen-bond acceptors (Lipinski definition) is 1. The Labute approximate surface area is 89.5 Å². The normalized spacial score (nSPS) is 39.4. The Kier molecular flexibility index (Phi) is 2.36. The molecule has 1 aliphatic carbocycles. The van der Waals surface area contributed by atoms with Gasteiger partial charge in [0.2, 0.25) is 0 Å². The van der Waals surface area contributed by atoms with Crippen molar-refractivity contribution in [3.05, 3.63) is 0 Å². The van der Waals surface area contributed by atoms with Crippen LogP contribution in [-0.4, -0.2) is 5.54 Å². The highest BCUT2D eigenvalue weighted by Gasteiger charge is 2.55. The summed E-state index contributed by atoms with van der Waals surface area (Å²) in [4.78, 5) is 0. The summed E-state index contributed by atoms with van der Waals surface area (Å²) in [6.45, 7) is 16.3. The molecule has 1 nitrogen and oxygen atoms in total. The summed E-state index contributed by atoms with van der Waals surface area (Å²) in [6.07, 6.45) is 2.39. The molecule has 1 atom stereocenters. The topological polar surface area (TPSA) is 26.0 Å². The van der Waals surface area contributed by atoms with E-state index in [0.29, 0.717) is 10.8 Å². The Morgan fingerprint density at radius 2 is 1.21 bits per heavy atom. The zero-order valence-electron chi connectivity index (χ0n) is 11.0. The van der Waals surface area contributed by atoms with E-state index >= 15 is 0 Å². The van der Waals surface area contributed by atoms with Crippen LogP contribution in [-0.2, 0) is 0 Å². The average molecular weight is 197 g/mol. The number of rotatable bonds is 0. The summed E-state index contributed by atoms with van der Waals surface area (Å²) in [5.41, 5.74) is 7.35. The lowest BCUT2D eigenvalue weighted by Gasteiger charge is -2.60. The van der Waals surface area contributed by atoms with Crippen LogP contribution in [0.2, 0.25) is 0 Å². The van der Waals surface area contributed by atoms with Crippen LogP contribution in [0.15, 0.2) is 0 Å². The molecule has 0 spiro atoms. The van der Waals surface area contributed by atoms with E-state index < -0.39 is 0 Å². The third kappa shape index (κ3) is 1.60. The van der Waals surface area contributed by atoms with Crippen molar-refractivity contribution in [2.75, 3.05) is 0 Å². The van der Waals surface area contributed by atoms with Gasteiger partial charge in [0.15, 0.2) is 0 Å². The van der Waals surface area contributed by atoms with Gasteiger partial charge in [0.1, 0.15) is 0 Å². The van der Waals surface area contributed by atoms with E-state index in [-0.39, 0.29) is 11.0 Å². The summed E-state index contributed by atoms with van der Waals surface area (Å²) in [5.74, 6) is 0. The zero-order chi connectivity index (χ0) is 11.4. The maximum atomic E-state index is 6.51. The van der Waals surface area contributed by atoms with Crippen molar-refractivity contribution < 1.29 is 0 Å². The summed E-state index contributed by atoms with van der Waals surface area (Å²) in [6, 6.07) is 0. The maximum absolute atomic E-state index is 6.51. The zero-order valence-corrected chi connectivity index (χ0v) is 11.0. The van der Waals surface area contributed by atoms with E-state index in [9.17, 15) is 0 Å². The van der Waals surface area contributed by atoms with Gasteiger partial charge in [-0.3, -0.25) is 0 Å². The Balaban J connectivity index is 3.13. The van der Waals surface area contributed by atoms with E-state index in [1.807, 2.05) is 0 Å². The molecule has 1 rings (SSSR count). The fourth-order valence-corrected chi connectivity index (χ4v) is 3.47. The van der Waals surface area contributed by atoms with Gasteiger partial charge >= 0.3 is 0 Å². The van der Waals surface area contributed by atoms with Crippen LogP contribution in [0.25, 0.3) is 0 Å². The highest BCUT2D eigenvalue weighted by Crippen LogP contribution is 2.59. The van der Waals surface area contributed by atoms with E-state index in [2.05, 4.69) is 48.5 Å². The lowest BCUT2D eigenvalue weighted by atomic mass is 9.47. The second-order valence-electron chi connectivity index (χ2n) is 7.44. The van der Waals surface area contributed by atoms with Gasteiger partial charge in [0.05, 0.1) is 0 Å². The lowest BCUT2D eigenvalue weighted by molar-refractivity contribution is -0.0756. The van der Waals surface area contributed by atoms with Gasteiger partial charge in [0.25, 0.3) is 0 Å². The maximum Gasteiger partial charge on any atom is 0.0187 e. The first-order chi connectivity index (χ1) is 5.91. The Bertz CT molecular complexity index is 212. The second-order valence-corrected chi connectivity index (χ2v) is 7.44. The van der Waals surface area contributed by atoms with Crippen molar-refractivity contribution in [1.82, 2.24) is 0 Å². The van der Waals surface area contributed by atoms with Gasteiger partial charge in [-0.2, -0.15) is 0 Å². The number of hydrogen-bond donors (Lipinski definition) is 1. The van der Waals surface area contributed by atoms with E-state index in [1.165, 1.54) is 6.42 Å². The third-order valence-corrected chi connectivity index (χ3v) is 4.89. The molecule has 0 saturated heterocycles. The largest absolute Gasteiger partial charge is 0.325 e. The smallest absolute Gasteiger partial charge is 0.0187 e. The Morgan fingerprint density at radius 3 is 1.57 bits per heavy atom. The fourth-order valence-electron chi connectivity index (χ4n) is 3.47. The molecular formula is C13H27N. The minimum absolute atomic E-state index is 0.0573. The van der Waals surface area contributed by atoms with Gasteiger partial charge in [0, 0.05) is 5.54 Å². The van der Waals surface area contributed by atoms with Crippen LogP contribution < -0.4 is 5.73 Å². The average Bonchev–Trinajstić information content (AvgIpc) is 1.77. The first-order valence-corrected chi connectivity index (χ1v) is 5.70. The Morgan fingerprint density at radius 1 is 0.786 bits per heavy atom. The third-order valence-electron chi connectivity index (χ3n) is 4.89. The molecular weight excluding hydrogens is 170 g/mol. The van der Waals surface area contributed by atoms with Gasteiger partial charge < -0.3 is 5.73 Å². The first kappa shape index (κ1) is 12.0. The minimum Gasteiger partial charge on any atom is -0.325 e. The number of nitrogens with two attached hydrogens (primary N) is 1. The van der Waals surface area contributed by atoms with Crippen molar-refractivity contribution in [2.45, 2.75) is 66.8 Å². The highest BCUT2D eigenvalue weighted by molar-refractivity contribution is 5.09. The standard InChI is InChI=1S/C13H27N/c1-10(2)8-11(3,4)12(5,6)13(7,14)9-10/h8-9,14H2,1-7H3. The van der Waals surface area contributed by atoms with Crippen molar-refractivity contribution in [3.63, 3.8) is 0 Å². The van der Waals surface area contributed by atoms with E-state index in [1.54, 1.807) is 0 Å². The predicted molar refractivity (Wildman–Crippen MR) is 63.2 cm³/mol. The Hall–Kier alpha value is -0.0400. The molecule has 0 aromatic rings. The molecule has 1 fully saturated rings. The SMILES string of the molecule is CC1(C)CC(C)(C)C(C)(C)C(C)(N)C1. The fraction of sp³-hybridized carbons (Fsp3) is 1.00. The van der Waals surface area contributed by atoms with Gasteiger partial charge in [-0.15, -0.1) is 0 Å². The molecule has 0 radical (unpaired) electrons. The second kappa shape index (κ2) is 2.75. The predicted octanol–water partition coefficient (Wildman–Crippen LogP) is 3.58. The van der Waals surface area contributed by atoms with Crippen LogP contribution in [0.5, 0.6) is 0 Å². The van der Waals surface area contributed by atoms with Crippen LogP contribution in [0.3, 0.4) is 0 Å². The molecule has 0 aromatic carbocycles. The lowest BCUT2D eigenvalue weighted by Crippen LogP contribution is -2.63. The van der Waals surface area contributed by atoms with Crippen LogP contribution >= 0.6 is 0 Å². The van der Waals surface area contributed by atoms with Crippen molar-refractivity contribution in [2.24, 2.45) is 22.0 Å². The molecule has 1 saturated carbocycles. The molecule has 2 N–H and O–H groups in total. The summed E-state index contributed by atoms with van der Waals surface area (Å²) in [7, 11) is 0. The van der Waals surface area contributed by atoms with Crippen molar-refractivity contribution in [1.29, 1.82) is 0 Å². The first-order valence-electron chi connectivity index (χ1n) is 5.70. The quantitative estimate of drug-likeness (QED) is 0.631. The molecule has 0 heterocycles. The minimum atomic E-state index is -0.0573. The van der Waals surface area contributed by atoms with Crippen molar-refractivity contribution in [3.8, 4) is 0 Å².